The smallest absolute Gasteiger partial charge is 0.259 e. The van der Waals surface area contributed by atoms with Crippen LogP contribution in [0.5, 0.6) is 0 Å². The molecule has 1 fully saturated rings. The standard InChI is InChI=1S/C21H41N2O3P/c1-16(2)23(17(3)4)27(25-12-8-10-22)26-13-9-11-24-15-21-14-18(5)19(6)20(21)7/h16-21H,8-9,11-15H2,1-7H3. The van der Waals surface area contributed by atoms with Gasteiger partial charge in [-0.15, -0.1) is 0 Å². The molecule has 0 heterocycles. The largest absolute Gasteiger partial charge is 0.381 e. The quantitative estimate of drug-likeness (QED) is 0.297. The molecule has 0 aromatic carbocycles. The lowest BCUT2D eigenvalue weighted by atomic mass is 9.91. The first-order valence-corrected chi connectivity index (χ1v) is 11.7. The zero-order chi connectivity index (χ0) is 20.4. The van der Waals surface area contributed by atoms with Gasteiger partial charge in [-0.05, 0) is 64.2 Å². The van der Waals surface area contributed by atoms with Gasteiger partial charge in [-0.2, -0.15) is 5.26 Å². The molecule has 158 valence electrons. The van der Waals surface area contributed by atoms with Crippen molar-refractivity contribution in [1.82, 2.24) is 4.67 Å². The van der Waals surface area contributed by atoms with Crippen molar-refractivity contribution in [2.75, 3.05) is 26.4 Å². The van der Waals surface area contributed by atoms with Crippen molar-refractivity contribution in [2.45, 2.75) is 79.8 Å². The van der Waals surface area contributed by atoms with Crippen LogP contribution in [-0.2, 0) is 13.8 Å². The SMILES string of the molecule is CC1CC(COCCCOP(OCCC#N)N(C(C)C)C(C)C)C(C)C1C. The summed E-state index contributed by atoms with van der Waals surface area (Å²) >= 11 is 0. The van der Waals surface area contributed by atoms with Gasteiger partial charge < -0.3 is 13.8 Å². The molecule has 27 heavy (non-hydrogen) atoms. The lowest BCUT2D eigenvalue weighted by Gasteiger charge is -2.35. The molecule has 0 aromatic rings. The summed E-state index contributed by atoms with van der Waals surface area (Å²) in [4.78, 5) is 0. The van der Waals surface area contributed by atoms with Gasteiger partial charge in [-0.3, -0.25) is 0 Å². The molecule has 0 N–H and O–H groups in total. The van der Waals surface area contributed by atoms with E-state index in [-0.39, 0.29) is 0 Å². The van der Waals surface area contributed by atoms with Crippen molar-refractivity contribution >= 4 is 8.53 Å². The van der Waals surface area contributed by atoms with E-state index in [9.17, 15) is 0 Å². The Hall–Kier alpha value is -0.240. The second-order valence-corrected chi connectivity index (χ2v) is 9.95. The molecule has 0 saturated heterocycles. The van der Waals surface area contributed by atoms with Crippen LogP contribution in [0.1, 0.15) is 67.7 Å². The van der Waals surface area contributed by atoms with E-state index in [1.807, 2.05) is 0 Å². The van der Waals surface area contributed by atoms with Gasteiger partial charge >= 0.3 is 0 Å². The van der Waals surface area contributed by atoms with Gasteiger partial charge in [0.1, 0.15) is 0 Å². The fraction of sp³-hybridized carbons (Fsp3) is 0.952. The van der Waals surface area contributed by atoms with Crippen LogP contribution in [0.15, 0.2) is 0 Å². The molecule has 1 aliphatic carbocycles. The summed E-state index contributed by atoms with van der Waals surface area (Å²) in [6, 6.07) is 2.80. The van der Waals surface area contributed by atoms with Gasteiger partial charge in [0.25, 0.3) is 8.53 Å². The Balaban J connectivity index is 2.33. The monoisotopic (exact) mass is 400 g/mol. The van der Waals surface area contributed by atoms with Crippen LogP contribution in [0, 0.1) is 35.0 Å². The van der Waals surface area contributed by atoms with Crippen LogP contribution in [-0.4, -0.2) is 43.2 Å². The Morgan fingerprint density at radius 3 is 2.15 bits per heavy atom. The average molecular weight is 401 g/mol. The third kappa shape index (κ3) is 8.34. The zero-order valence-corrected chi connectivity index (χ0v) is 19.4. The Labute approximate surface area is 168 Å². The molecule has 5 unspecified atom stereocenters. The number of nitrogens with zero attached hydrogens (tertiary/aromatic N) is 2. The summed E-state index contributed by atoms with van der Waals surface area (Å²) in [5.41, 5.74) is 0. The van der Waals surface area contributed by atoms with Crippen LogP contribution in [0.4, 0.5) is 0 Å². The minimum Gasteiger partial charge on any atom is -0.381 e. The maximum atomic E-state index is 8.76. The first kappa shape index (κ1) is 24.8. The van der Waals surface area contributed by atoms with Crippen LogP contribution in [0.25, 0.3) is 0 Å². The van der Waals surface area contributed by atoms with E-state index in [0.29, 0.717) is 37.6 Å². The molecular formula is C21H41N2O3P. The van der Waals surface area contributed by atoms with Gasteiger partial charge in [0, 0.05) is 25.3 Å². The van der Waals surface area contributed by atoms with Crippen molar-refractivity contribution in [3.63, 3.8) is 0 Å². The normalized spacial score (nSPS) is 26.9. The number of ether oxygens (including phenoxy) is 1. The summed E-state index contributed by atoms with van der Waals surface area (Å²) in [6.07, 6.45) is 2.55. The van der Waals surface area contributed by atoms with Crippen molar-refractivity contribution in [2.24, 2.45) is 23.7 Å². The lowest BCUT2D eigenvalue weighted by Crippen LogP contribution is -2.33. The van der Waals surface area contributed by atoms with E-state index >= 15 is 0 Å². The molecule has 1 rings (SSSR count). The van der Waals surface area contributed by atoms with Crippen molar-refractivity contribution in [3.05, 3.63) is 0 Å². The molecule has 0 amide bonds. The predicted octanol–water partition coefficient (Wildman–Crippen LogP) is 5.61. The fourth-order valence-electron chi connectivity index (χ4n) is 3.93. The topological polar surface area (TPSA) is 54.7 Å². The maximum absolute atomic E-state index is 8.76. The van der Waals surface area contributed by atoms with Crippen molar-refractivity contribution in [1.29, 1.82) is 5.26 Å². The van der Waals surface area contributed by atoms with Crippen molar-refractivity contribution < 1.29 is 13.8 Å². The Kier molecular flexibility index (Phi) is 12.0. The molecule has 1 saturated carbocycles. The molecular weight excluding hydrogens is 359 g/mol. The van der Waals surface area contributed by atoms with E-state index in [1.165, 1.54) is 6.42 Å². The van der Waals surface area contributed by atoms with Gasteiger partial charge in [0.2, 0.25) is 0 Å². The molecule has 0 aliphatic heterocycles. The van der Waals surface area contributed by atoms with Crippen LogP contribution >= 0.6 is 8.53 Å². The number of rotatable bonds is 13. The highest BCUT2D eigenvalue weighted by atomic mass is 31.2. The minimum atomic E-state index is -1.14. The summed E-state index contributed by atoms with van der Waals surface area (Å²) in [5.74, 6) is 3.06. The van der Waals surface area contributed by atoms with Crippen molar-refractivity contribution in [3.8, 4) is 6.07 Å². The summed E-state index contributed by atoms with van der Waals surface area (Å²) < 4.78 is 20.2. The Morgan fingerprint density at radius 1 is 1.00 bits per heavy atom. The number of nitriles is 1. The first-order chi connectivity index (χ1) is 12.8. The second-order valence-electron chi connectivity index (χ2n) is 8.50. The average Bonchev–Trinajstić information content (AvgIpc) is 2.84. The van der Waals surface area contributed by atoms with Gasteiger partial charge in [0.05, 0.1) is 25.7 Å². The van der Waals surface area contributed by atoms with Gasteiger partial charge in [-0.1, -0.05) is 20.8 Å². The third-order valence-electron chi connectivity index (χ3n) is 5.77. The molecule has 0 spiro atoms. The first-order valence-electron chi connectivity index (χ1n) is 10.6. The maximum Gasteiger partial charge on any atom is 0.259 e. The highest BCUT2D eigenvalue weighted by molar-refractivity contribution is 7.44. The van der Waals surface area contributed by atoms with Crippen LogP contribution in [0.2, 0.25) is 0 Å². The second kappa shape index (κ2) is 13.1. The summed E-state index contributed by atoms with van der Waals surface area (Å²) in [6.45, 7) is 18.4. The number of hydrogen-bond donors (Lipinski definition) is 0. The highest BCUT2D eigenvalue weighted by Crippen LogP contribution is 2.46. The molecule has 0 radical (unpaired) electrons. The van der Waals surface area contributed by atoms with E-state index < -0.39 is 8.53 Å². The van der Waals surface area contributed by atoms with Gasteiger partial charge in [-0.25, -0.2) is 4.67 Å². The van der Waals surface area contributed by atoms with Gasteiger partial charge in [0.15, 0.2) is 0 Å². The Bertz CT molecular complexity index is 434. The molecule has 6 heteroatoms. The third-order valence-corrected chi connectivity index (χ3v) is 7.88. The molecule has 5 atom stereocenters. The summed E-state index contributed by atoms with van der Waals surface area (Å²) in [7, 11) is -1.14. The predicted molar refractivity (Wildman–Crippen MR) is 112 cm³/mol. The molecule has 0 bridgehead atoms. The molecule has 5 nitrogen and oxygen atoms in total. The number of hydrogen-bond acceptors (Lipinski definition) is 5. The molecule has 0 aromatic heterocycles. The highest BCUT2D eigenvalue weighted by Gasteiger charge is 2.35. The van der Waals surface area contributed by atoms with E-state index in [4.69, 9.17) is 19.0 Å². The van der Waals surface area contributed by atoms with E-state index in [2.05, 4.69) is 59.2 Å². The fourth-order valence-corrected chi connectivity index (χ4v) is 5.55. The van der Waals surface area contributed by atoms with Crippen LogP contribution < -0.4 is 0 Å². The molecule has 1 aliphatic rings. The summed E-state index contributed by atoms with van der Waals surface area (Å²) in [5, 5.41) is 8.76. The Morgan fingerprint density at radius 2 is 1.63 bits per heavy atom. The lowest BCUT2D eigenvalue weighted by molar-refractivity contribution is 0.0736. The minimum absolute atomic E-state index is 0.335. The van der Waals surface area contributed by atoms with E-state index in [0.717, 1.165) is 37.4 Å². The van der Waals surface area contributed by atoms with Crippen LogP contribution in [0.3, 0.4) is 0 Å². The zero-order valence-electron chi connectivity index (χ0n) is 18.5. The van der Waals surface area contributed by atoms with E-state index in [1.54, 1.807) is 0 Å².